The third kappa shape index (κ3) is 5.94. The molecule has 0 unspecified atom stereocenters. The zero-order chi connectivity index (χ0) is 24.7. The zero-order valence-corrected chi connectivity index (χ0v) is 20.6. The molecule has 10 nitrogen and oxygen atoms in total. The van der Waals surface area contributed by atoms with Crippen LogP contribution in [0, 0.1) is 6.92 Å². The van der Waals surface area contributed by atoms with E-state index >= 15 is 0 Å². The van der Waals surface area contributed by atoms with Crippen LogP contribution in [-0.4, -0.2) is 54.1 Å². The second-order valence-corrected chi connectivity index (χ2v) is 8.59. The second-order valence-electron chi connectivity index (χ2n) is 6.64. The van der Waals surface area contributed by atoms with Crippen LogP contribution >= 0.6 is 23.1 Å². The third-order valence-corrected chi connectivity index (χ3v) is 6.42. The number of nitrogens with one attached hydrogen (secondary N) is 1. The van der Waals surface area contributed by atoms with Gasteiger partial charge in [0.2, 0.25) is 11.8 Å². The summed E-state index contributed by atoms with van der Waals surface area (Å²) in [5.41, 5.74) is 1.24. The molecule has 0 bridgehead atoms. The number of nitrogens with zero attached hydrogens (tertiary/aromatic N) is 2. The van der Waals surface area contributed by atoms with Crippen molar-refractivity contribution in [1.82, 2.24) is 10.2 Å². The van der Waals surface area contributed by atoms with Gasteiger partial charge in [0.25, 0.3) is 5.22 Å². The van der Waals surface area contributed by atoms with E-state index in [1.807, 2.05) is 0 Å². The van der Waals surface area contributed by atoms with Crippen molar-refractivity contribution in [3.63, 3.8) is 0 Å². The smallest absolute Gasteiger partial charge is 0.348 e. The van der Waals surface area contributed by atoms with Crippen molar-refractivity contribution in [1.29, 1.82) is 0 Å². The average molecular weight is 506 g/mol. The molecule has 0 radical (unpaired) electrons. The highest BCUT2D eigenvalue weighted by molar-refractivity contribution is 7.99. The zero-order valence-electron chi connectivity index (χ0n) is 19.0. The van der Waals surface area contributed by atoms with E-state index in [4.69, 9.17) is 18.6 Å². The number of esters is 2. The van der Waals surface area contributed by atoms with Crippen molar-refractivity contribution in [2.45, 2.75) is 26.0 Å². The van der Waals surface area contributed by atoms with E-state index in [0.29, 0.717) is 22.8 Å². The molecule has 0 atom stereocenters. The number of thiophene rings is 1. The van der Waals surface area contributed by atoms with Crippen LogP contribution in [0.2, 0.25) is 0 Å². The number of hydrogen-bond donors (Lipinski definition) is 1. The van der Waals surface area contributed by atoms with Crippen molar-refractivity contribution < 1.29 is 33.0 Å². The Balaban J connectivity index is 1.69. The summed E-state index contributed by atoms with van der Waals surface area (Å²) in [6.07, 6.45) is 0. The Morgan fingerprint density at radius 2 is 1.74 bits per heavy atom. The van der Waals surface area contributed by atoms with Gasteiger partial charge in [0.1, 0.15) is 15.6 Å². The quantitative estimate of drug-likeness (QED) is 0.316. The van der Waals surface area contributed by atoms with Crippen LogP contribution in [0.15, 0.2) is 33.9 Å². The fourth-order valence-corrected chi connectivity index (χ4v) is 4.52. The molecule has 0 aliphatic rings. The normalized spacial score (nSPS) is 10.6. The highest BCUT2D eigenvalue weighted by Gasteiger charge is 2.27. The molecular weight excluding hydrogens is 482 g/mol. The number of ether oxygens (including phenoxy) is 3. The predicted octanol–water partition coefficient (Wildman–Crippen LogP) is 4.20. The summed E-state index contributed by atoms with van der Waals surface area (Å²) in [5, 5.41) is 11.0. The summed E-state index contributed by atoms with van der Waals surface area (Å²) in [5.74, 6) is -0.664. The Kier molecular flexibility index (Phi) is 8.66. The van der Waals surface area contributed by atoms with Gasteiger partial charge in [-0.1, -0.05) is 11.8 Å². The van der Waals surface area contributed by atoms with E-state index in [1.54, 1.807) is 52.1 Å². The molecule has 0 saturated carbocycles. The summed E-state index contributed by atoms with van der Waals surface area (Å²) in [4.78, 5) is 37.5. The molecule has 1 N–H and O–H groups in total. The SMILES string of the molecule is CCOC(=O)c1sc(NC(=O)CSc2nnc(-c3ccc(OC)cc3)o2)c(C(=O)OCC)c1C. The number of hydrogen-bond acceptors (Lipinski definition) is 11. The Bertz CT molecular complexity index is 1170. The van der Waals surface area contributed by atoms with Crippen molar-refractivity contribution in [3.8, 4) is 17.2 Å². The third-order valence-electron chi connectivity index (χ3n) is 4.41. The van der Waals surface area contributed by atoms with E-state index in [-0.39, 0.29) is 39.6 Å². The van der Waals surface area contributed by atoms with Crippen LogP contribution in [0.5, 0.6) is 5.75 Å². The first kappa shape index (κ1) is 25.2. The minimum Gasteiger partial charge on any atom is -0.497 e. The first-order valence-corrected chi connectivity index (χ1v) is 12.1. The van der Waals surface area contributed by atoms with Crippen LogP contribution in [0.4, 0.5) is 5.00 Å². The molecular formula is C22H23N3O7S2. The number of methoxy groups -OCH3 is 1. The Morgan fingerprint density at radius 1 is 1.06 bits per heavy atom. The lowest BCUT2D eigenvalue weighted by Crippen LogP contribution is -2.16. The van der Waals surface area contributed by atoms with E-state index in [1.165, 1.54) is 0 Å². The first-order chi connectivity index (χ1) is 16.4. The minimum absolute atomic E-state index is 0.0573. The van der Waals surface area contributed by atoms with Gasteiger partial charge in [0.15, 0.2) is 0 Å². The van der Waals surface area contributed by atoms with Gasteiger partial charge >= 0.3 is 11.9 Å². The van der Waals surface area contributed by atoms with Crippen molar-refractivity contribution in [2.24, 2.45) is 0 Å². The molecule has 2 aromatic heterocycles. The van der Waals surface area contributed by atoms with Crippen molar-refractivity contribution >= 4 is 45.9 Å². The number of carbonyl (C=O) groups is 3. The van der Waals surface area contributed by atoms with Crippen LogP contribution in [0.25, 0.3) is 11.5 Å². The maximum atomic E-state index is 12.6. The van der Waals surface area contributed by atoms with E-state index < -0.39 is 17.8 Å². The van der Waals surface area contributed by atoms with Crippen LogP contribution in [0.1, 0.15) is 39.4 Å². The molecule has 0 fully saturated rings. The predicted molar refractivity (Wildman–Crippen MR) is 127 cm³/mol. The fourth-order valence-electron chi connectivity index (χ4n) is 2.85. The van der Waals surface area contributed by atoms with E-state index in [9.17, 15) is 14.4 Å². The Hall–Kier alpha value is -3.38. The maximum absolute atomic E-state index is 12.6. The molecule has 2 heterocycles. The standard InChI is InChI=1S/C22H23N3O7S2/c1-5-30-20(27)16-12(3)17(21(28)31-6-2)34-19(16)23-15(26)11-33-22-25-24-18(32-22)13-7-9-14(29-4)10-8-13/h7-10H,5-6,11H2,1-4H3,(H,23,26). The molecule has 12 heteroatoms. The molecule has 3 rings (SSSR count). The number of rotatable bonds is 10. The van der Waals surface area contributed by atoms with Crippen LogP contribution in [0.3, 0.4) is 0 Å². The number of carbonyl (C=O) groups excluding carboxylic acids is 3. The highest BCUT2D eigenvalue weighted by atomic mass is 32.2. The molecule has 0 aliphatic carbocycles. The van der Waals surface area contributed by atoms with Gasteiger partial charge in [-0.2, -0.15) is 0 Å². The fraction of sp³-hybridized carbons (Fsp3) is 0.318. The van der Waals surface area contributed by atoms with Gasteiger partial charge in [-0.05, 0) is 50.6 Å². The number of amides is 1. The molecule has 3 aromatic rings. The summed E-state index contributed by atoms with van der Waals surface area (Å²) < 4.78 is 20.9. The largest absolute Gasteiger partial charge is 0.497 e. The Labute approximate surface area is 204 Å². The van der Waals surface area contributed by atoms with Gasteiger partial charge in [0, 0.05) is 5.56 Å². The summed E-state index contributed by atoms with van der Waals surface area (Å²) >= 11 is 2.01. The summed E-state index contributed by atoms with van der Waals surface area (Å²) in [6, 6.07) is 7.11. The highest BCUT2D eigenvalue weighted by Crippen LogP contribution is 2.34. The summed E-state index contributed by atoms with van der Waals surface area (Å²) in [6.45, 7) is 5.31. The molecule has 1 aromatic carbocycles. The van der Waals surface area contributed by atoms with Gasteiger partial charge in [-0.25, -0.2) is 9.59 Å². The van der Waals surface area contributed by atoms with Crippen LogP contribution in [-0.2, 0) is 14.3 Å². The number of aromatic nitrogens is 2. The lowest BCUT2D eigenvalue weighted by molar-refractivity contribution is -0.113. The van der Waals surface area contributed by atoms with Crippen molar-refractivity contribution in [3.05, 3.63) is 40.3 Å². The summed E-state index contributed by atoms with van der Waals surface area (Å²) in [7, 11) is 1.58. The lowest BCUT2D eigenvalue weighted by Gasteiger charge is -2.06. The molecule has 0 saturated heterocycles. The van der Waals surface area contributed by atoms with E-state index in [2.05, 4.69) is 15.5 Å². The molecule has 1 amide bonds. The minimum atomic E-state index is -0.629. The van der Waals surface area contributed by atoms with Gasteiger partial charge in [-0.3, -0.25) is 4.79 Å². The van der Waals surface area contributed by atoms with E-state index in [0.717, 1.165) is 23.1 Å². The Morgan fingerprint density at radius 3 is 2.38 bits per heavy atom. The topological polar surface area (TPSA) is 130 Å². The first-order valence-electron chi connectivity index (χ1n) is 10.3. The maximum Gasteiger partial charge on any atom is 0.348 e. The van der Waals surface area contributed by atoms with Gasteiger partial charge in [-0.15, -0.1) is 21.5 Å². The number of benzene rings is 1. The molecule has 0 aliphatic heterocycles. The number of anilines is 1. The molecule has 180 valence electrons. The van der Waals surface area contributed by atoms with Crippen molar-refractivity contribution in [2.75, 3.05) is 31.4 Å². The van der Waals surface area contributed by atoms with Crippen LogP contribution < -0.4 is 10.1 Å². The van der Waals surface area contributed by atoms with Gasteiger partial charge < -0.3 is 23.9 Å². The molecule has 34 heavy (non-hydrogen) atoms. The lowest BCUT2D eigenvalue weighted by atomic mass is 10.1. The second kappa shape index (κ2) is 11.7. The molecule has 0 spiro atoms. The average Bonchev–Trinajstić information content (AvgIpc) is 3.42. The number of thioether (sulfide) groups is 1. The monoisotopic (exact) mass is 505 g/mol. The van der Waals surface area contributed by atoms with Gasteiger partial charge in [0.05, 0.1) is 31.6 Å².